The Bertz CT molecular complexity index is 3610. The van der Waals surface area contributed by atoms with Gasteiger partial charge in [0.2, 0.25) is 0 Å². The first-order chi connectivity index (χ1) is 30.8. The minimum Gasteiger partial charge on any atom is -0.459 e. The Kier molecular flexibility index (Phi) is 6.99. The third-order valence-corrected chi connectivity index (χ3v) is 14.3. The van der Waals surface area contributed by atoms with Crippen molar-refractivity contribution < 1.29 is 4.42 Å². The summed E-state index contributed by atoms with van der Waals surface area (Å²) < 4.78 is 9.16. The fourth-order valence-corrected chi connectivity index (χ4v) is 11.8. The monoisotopic (exact) mass is 792 g/mol. The molecule has 0 radical (unpaired) electrons. The maximum Gasteiger partial charge on any atom is 0.158 e. The maximum atomic E-state index is 6.73. The quantitative estimate of drug-likeness (QED) is 0.178. The molecule has 11 aromatic rings. The number of aromatic nitrogens is 1. The Morgan fingerprint density at radius 3 is 1.94 bits per heavy atom. The number of nitrogens with zero attached hydrogens (tertiary/aromatic N) is 2. The van der Waals surface area contributed by atoms with E-state index >= 15 is 0 Å². The Morgan fingerprint density at radius 1 is 0.435 bits per heavy atom. The van der Waals surface area contributed by atoms with Crippen molar-refractivity contribution in [2.75, 3.05) is 4.90 Å². The molecule has 3 aliphatic rings. The van der Waals surface area contributed by atoms with Gasteiger partial charge in [-0.1, -0.05) is 140 Å². The Balaban J connectivity index is 1.01. The van der Waals surface area contributed by atoms with Gasteiger partial charge in [0.25, 0.3) is 0 Å². The van der Waals surface area contributed by atoms with Crippen molar-refractivity contribution in [3.63, 3.8) is 0 Å². The van der Waals surface area contributed by atoms with Crippen molar-refractivity contribution in [1.29, 1.82) is 0 Å². The van der Waals surface area contributed by atoms with Crippen LogP contribution in [0.3, 0.4) is 0 Å². The van der Waals surface area contributed by atoms with Gasteiger partial charge in [-0.25, -0.2) is 0 Å². The Morgan fingerprint density at radius 2 is 1.08 bits per heavy atom. The highest BCUT2D eigenvalue weighted by Gasteiger charge is 2.52. The Labute approximate surface area is 359 Å². The summed E-state index contributed by atoms with van der Waals surface area (Å²) in [5, 5.41) is 6.29. The van der Waals surface area contributed by atoms with Crippen LogP contribution in [0, 0.1) is 0 Å². The number of para-hydroxylation sites is 5. The molecule has 0 unspecified atom stereocenters. The zero-order valence-corrected chi connectivity index (χ0v) is 34.1. The van der Waals surface area contributed by atoms with Crippen LogP contribution in [0.4, 0.5) is 17.1 Å². The molecule has 292 valence electrons. The second kappa shape index (κ2) is 12.7. The summed E-state index contributed by atoms with van der Waals surface area (Å²) in [5.41, 5.74) is 19.2. The molecule has 1 aliphatic heterocycles. The molecule has 0 N–H and O–H groups in total. The van der Waals surface area contributed by atoms with Crippen molar-refractivity contribution in [2.24, 2.45) is 0 Å². The lowest BCUT2D eigenvalue weighted by Gasteiger charge is -2.45. The van der Waals surface area contributed by atoms with Crippen LogP contribution in [-0.4, -0.2) is 4.57 Å². The molecular formula is C59H40N2O. The number of anilines is 3. The molecule has 0 saturated carbocycles. The molecule has 0 atom stereocenters. The second-order valence-electron chi connectivity index (χ2n) is 17.4. The van der Waals surface area contributed by atoms with Crippen molar-refractivity contribution in [2.45, 2.75) is 31.1 Å². The number of benzene rings is 9. The van der Waals surface area contributed by atoms with E-state index in [2.05, 4.69) is 204 Å². The van der Waals surface area contributed by atoms with E-state index in [4.69, 9.17) is 4.42 Å². The van der Waals surface area contributed by atoms with Gasteiger partial charge in [0.15, 0.2) is 5.58 Å². The summed E-state index contributed by atoms with van der Waals surface area (Å²) in [5.74, 6) is 1.17. The van der Waals surface area contributed by atoms with Crippen LogP contribution in [0.2, 0.25) is 0 Å². The lowest BCUT2D eigenvalue weighted by atomic mass is 9.64. The fraction of sp³-hybridized carbons (Fsp3) is 0.0847. The maximum absolute atomic E-state index is 6.73. The van der Waals surface area contributed by atoms with Gasteiger partial charge in [-0.15, -0.1) is 0 Å². The molecule has 9 aromatic carbocycles. The largest absolute Gasteiger partial charge is 0.459 e. The molecule has 1 spiro atoms. The highest BCUT2D eigenvalue weighted by atomic mass is 16.3. The van der Waals surface area contributed by atoms with E-state index < -0.39 is 5.41 Å². The van der Waals surface area contributed by atoms with Gasteiger partial charge in [0, 0.05) is 33.8 Å². The van der Waals surface area contributed by atoms with E-state index in [1.54, 1.807) is 0 Å². The van der Waals surface area contributed by atoms with Crippen LogP contribution >= 0.6 is 0 Å². The molecule has 3 heteroatoms. The van der Waals surface area contributed by atoms with Crippen LogP contribution in [0.15, 0.2) is 199 Å². The zero-order valence-electron chi connectivity index (χ0n) is 34.1. The van der Waals surface area contributed by atoms with Crippen molar-refractivity contribution >= 4 is 60.6 Å². The van der Waals surface area contributed by atoms with Crippen LogP contribution in [0.25, 0.3) is 71.5 Å². The van der Waals surface area contributed by atoms with Crippen molar-refractivity contribution in [3.05, 3.63) is 228 Å². The number of rotatable bonds is 3. The average molecular weight is 793 g/mol. The number of fused-ring (bicyclic) bond motifs is 17. The number of aryl methyl sites for hydroxylation is 2. The van der Waals surface area contributed by atoms with Gasteiger partial charge in [-0.05, 0) is 129 Å². The highest BCUT2D eigenvalue weighted by molar-refractivity contribution is 6.12. The first-order valence-corrected chi connectivity index (χ1v) is 22.1. The summed E-state index contributed by atoms with van der Waals surface area (Å²) in [6, 6.07) is 72.6. The van der Waals surface area contributed by atoms with E-state index in [-0.39, 0.29) is 0 Å². The third-order valence-electron chi connectivity index (χ3n) is 14.3. The minimum absolute atomic E-state index is 0.519. The predicted molar refractivity (Wildman–Crippen MR) is 256 cm³/mol. The molecule has 2 aromatic heterocycles. The van der Waals surface area contributed by atoms with Gasteiger partial charge in [-0.3, -0.25) is 0 Å². The molecule has 62 heavy (non-hydrogen) atoms. The van der Waals surface area contributed by atoms with Gasteiger partial charge >= 0.3 is 0 Å². The topological polar surface area (TPSA) is 21.3 Å². The van der Waals surface area contributed by atoms with Crippen molar-refractivity contribution in [1.82, 2.24) is 4.57 Å². The summed E-state index contributed by atoms with van der Waals surface area (Å²) in [6.07, 6.45) is 4.53. The second-order valence-corrected chi connectivity index (χ2v) is 17.4. The van der Waals surface area contributed by atoms with Gasteiger partial charge in [0.1, 0.15) is 5.76 Å². The normalized spacial score (nSPS) is 14.6. The van der Waals surface area contributed by atoms with Gasteiger partial charge in [-0.2, -0.15) is 0 Å². The molecule has 0 fully saturated rings. The standard InChI is InChI=1S/C59H40N2O/c1-2-16-40(17-3-1)60-53-25-11-8-22-48(53)59(49-23-9-12-26-54(49)60)47-32-30-38(36-46(47)57-41-18-5-4-15-37(41)29-33-50(57)59)39-31-34-52-45(35-39)42-19-6-10-24-51(42)61(52)55-27-14-21-44-43-20-7-13-28-56(43)62-58(44)55/h1-6,8-12,14-19,21-27,29-36H,7,13,20,28H2. The van der Waals surface area contributed by atoms with Gasteiger partial charge < -0.3 is 13.9 Å². The number of hydrogen-bond donors (Lipinski definition) is 0. The van der Waals surface area contributed by atoms with E-state index in [1.165, 1.54) is 118 Å². The third kappa shape index (κ3) is 4.44. The first-order valence-electron chi connectivity index (χ1n) is 22.1. The summed E-state index contributed by atoms with van der Waals surface area (Å²) in [7, 11) is 0. The van der Waals surface area contributed by atoms with Crippen LogP contribution in [-0.2, 0) is 18.3 Å². The number of furan rings is 1. The fourth-order valence-electron chi connectivity index (χ4n) is 11.8. The zero-order chi connectivity index (χ0) is 40.5. The molecular weight excluding hydrogens is 753 g/mol. The average Bonchev–Trinajstić information content (AvgIpc) is 3.98. The van der Waals surface area contributed by atoms with Gasteiger partial charge in [0.05, 0.1) is 33.5 Å². The minimum atomic E-state index is -0.519. The smallest absolute Gasteiger partial charge is 0.158 e. The molecule has 2 aliphatic carbocycles. The van der Waals surface area contributed by atoms with Crippen LogP contribution in [0.5, 0.6) is 0 Å². The molecule has 0 saturated heterocycles. The summed E-state index contributed by atoms with van der Waals surface area (Å²) in [6.45, 7) is 0. The Hall–Kier alpha value is -7.62. The molecule has 0 amide bonds. The van der Waals surface area contributed by atoms with Crippen LogP contribution < -0.4 is 4.90 Å². The summed E-state index contributed by atoms with van der Waals surface area (Å²) >= 11 is 0. The molecule has 14 rings (SSSR count). The molecule has 0 bridgehead atoms. The summed E-state index contributed by atoms with van der Waals surface area (Å²) in [4.78, 5) is 2.45. The van der Waals surface area contributed by atoms with Crippen molar-refractivity contribution in [3.8, 4) is 27.9 Å². The van der Waals surface area contributed by atoms with E-state index in [9.17, 15) is 0 Å². The van der Waals surface area contributed by atoms with E-state index in [0.717, 1.165) is 29.8 Å². The lowest BCUT2D eigenvalue weighted by Crippen LogP contribution is -2.36. The lowest BCUT2D eigenvalue weighted by molar-refractivity contribution is 0.505. The van der Waals surface area contributed by atoms with E-state index in [1.807, 2.05) is 0 Å². The molecule has 3 nitrogen and oxygen atoms in total. The molecule has 3 heterocycles. The first kappa shape index (κ1) is 34.1. The highest BCUT2D eigenvalue weighted by Crippen LogP contribution is 2.64. The number of hydrogen-bond acceptors (Lipinski definition) is 2. The van der Waals surface area contributed by atoms with Crippen LogP contribution in [0.1, 0.15) is 46.4 Å². The SMILES string of the molecule is c1ccc(N2c3ccccc3C3(c4ccc(-c5ccc6c(c5)c5ccccc5n6-c5cccc6c7c(oc56)CCCC7)cc4-c4c3ccc3ccccc43)c3ccccc32)cc1. The predicted octanol–water partition coefficient (Wildman–Crippen LogP) is 15.4. The van der Waals surface area contributed by atoms with E-state index in [0.29, 0.717) is 0 Å².